The highest BCUT2D eigenvalue weighted by molar-refractivity contribution is 5.14. The Bertz CT molecular complexity index is 246. The summed E-state index contributed by atoms with van der Waals surface area (Å²) in [6.45, 7) is 2.25. The smallest absolute Gasteiger partial charge is 0.0791 e. The summed E-state index contributed by atoms with van der Waals surface area (Å²) < 4.78 is 0. The first-order valence-electron chi connectivity index (χ1n) is 6.71. The van der Waals surface area contributed by atoms with Gasteiger partial charge in [0, 0.05) is 0 Å². The Balaban J connectivity index is 3.30. The average Bonchev–Trinajstić information content (AvgIpc) is 2.35. The SMILES string of the molecule is CCCCCCCC/C=C/C=C/C=C/C=C/O. The third-order valence-corrected chi connectivity index (χ3v) is 2.50. The fourth-order valence-corrected chi connectivity index (χ4v) is 1.52. The van der Waals surface area contributed by atoms with Crippen molar-refractivity contribution in [3.8, 4) is 0 Å². The molecule has 0 fully saturated rings. The molecule has 0 amide bonds. The van der Waals surface area contributed by atoms with Crippen molar-refractivity contribution in [3.05, 3.63) is 48.8 Å². The highest BCUT2D eigenvalue weighted by Crippen LogP contribution is 2.07. The predicted octanol–water partition coefficient (Wildman–Crippen LogP) is 5.48. The molecule has 0 aromatic carbocycles. The molecular formula is C16H26O. The second-order valence-electron chi connectivity index (χ2n) is 4.10. The first-order valence-corrected chi connectivity index (χ1v) is 6.71. The van der Waals surface area contributed by atoms with Crippen LogP contribution in [0.3, 0.4) is 0 Å². The third-order valence-electron chi connectivity index (χ3n) is 2.50. The minimum Gasteiger partial charge on any atom is -0.516 e. The van der Waals surface area contributed by atoms with Crippen LogP contribution in [0.1, 0.15) is 51.9 Å². The van der Waals surface area contributed by atoms with Crippen LogP contribution >= 0.6 is 0 Å². The lowest BCUT2D eigenvalue weighted by Crippen LogP contribution is -1.77. The molecule has 0 radical (unpaired) electrons. The van der Waals surface area contributed by atoms with E-state index >= 15 is 0 Å². The number of aliphatic hydroxyl groups is 1. The molecule has 0 aliphatic heterocycles. The number of allylic oxidation sites excluding steroid dienone is 7. The minimum absolute atomic E-state index is 1.03. The van der Waals surface area contributed by atoms with Gasteiger partial charge in [-0.25, -0.2) is 0 Å². The molecule has 17 heavy (non-hydrogen) atoms. The number of hydrogen-bond donors (Lipinski definition) is 1. The van der Waals surface area contributed by atoms with Crippen molar-refractivity contribution in [2.75, 3.05) is 0 Å². The van der Waals surface area contributed by atoms with Gasteiger partial charge >= 0.3 is 0 Å². The lowest BCUT2D eigenvalue weighted by atomic mass is 10.1. The number of hydrogen-bond acceptors (Lipinski definition) is 1. The van der Waals surface area contributed by atoms with Crippen molar-refractivity contribution in [2.24, 2.45) is 0 Å². The normalized spacial score (nSPS) is 12.8. The van der Waals surface area contributed by atoms with Gasteiger partial charge < -0.3 is 5.11 Å². The first kappa shape index (κ1) is 15.8. The van der Waals surface area contributed by atoms with Crippen LogP contribution in [0.4, 0.5) is 0 Å². The zero-order chi connectivity index (χ0) is 12.6. The maximum Gasteiger partial charge on any atom is 0.0791 e. The maximum atomic E-state index is 8.37. The topological polar surface area (TPSA) is 20.2 Å². The van der Waals surface area contributed by atoms with Crippen molar-refractivity contribution < 1.29 is 5.11 Å². The first-order chi connectivity index (χ1) is 8.41. The zero-order valence-corrected chi connectivity index (χ0v) is 11.0. The van der Waals surface area contributed by atoms with Gasteiger partial charge in [-0.1, -0.05) is 75.5 Å². The molecule has 0 aromatic heterocycles. The Morgan fingerprint density at radius 3 is 2.00 bits per heavy atom. The van der Waals surface area contributed by atoms with E-state index in [1.807, 2.05) is 18.2 Å². The molecule has 0 bridgehead atoms. The van der Waals surface area contributed by atoms with Gasteiger partial charge in [0.25, 0.3) is 0 Å². The van der Waals surface area contributed by atoms with E-state index in [4.69, 9.17) is 5.11 Å². The lowest BCUT2D eigenvalue weighted by Gasteiger charge is -1.97. The second-order valence-corrected chi connectivity index (χ2v) is 4.10. The fraction of sp³-hybridized carbons (Fsp3) is 0.500. The molecule has 1 heteroatoms. The Kier molecular flexibility index (Phi) is 13.7. The third kappa shape index (κ3) is 14.8. The van der Waals surface area contributed by atoms with Gasteiger partial charge in [0.1, 0.15) is 0 Å². The van der Waals surface area contributed by atoms with Crippen molar-refractivity contribution in [3.63, 3.8) is 0 Å². The molecule has 0 unspecified atom stereocenters. The van der Waals surface area contributed by atoms with Crippen LogP contribution in [-0.2, 0) is 0 Å². The van der Waals surface area contributed by atoms with Crippen LogP contribution in [-0.4, -0.2) is 5.11 Å². The molecule has 0 atom stereocenters. The molecule has 0 heterocycles. The van der Waals surface area contributed by atoms with Crippen molar-refractivity contribution >= 4 is 0 Å². The van der Waals surface area contributed by atoms with Crippen LogP contribution in [0.2, 0.25) is 0 Å². The monoisotopic (exact) mass is 234 g/mol. The van der Waals surface area contributed by atoms with Crippen LogP contribution < -0.4 is 0 Å². The van der Waals surface area contributed by atoms with E-state index in [1.165, 1.54) is 44.9 Å². The van der Waals surface area contributed by atoms with E-state index in [9.17, 15) is 0 Å². The van der Waals surface area contributed by atoms with Crippen molar-refractivity contribution in [1.29, 1.82) is 0 Å². The van der Waals surface area contributed by atoms with E-state index in [0.29, 0.717) is 0 Å². The van der Waals surface area contributed by atoms with Gasteiger partial charge in [-0.3, -0.25) is 0 Å². The molecule has 0 spiro atoms. The van der Waals surface area contributed by atoms with E-state index in [2.05, 4.69) is 19.1 Å². The molecular weight excluding hydrogens is 208 g/mol. The summed E-state index contributed by atoms with van der Waals surface area (Å²) in [7, 11) is 0. The van der Waals surface area contributed by atoms with Gasteiger partial charge in [-0.2, -0.15) is 0 Å². The quantitative estimate of drug-likeness (QED) is 0.301. The Morgan fingerprint density at radius 1 is 0.706 bits per heavy atom. The van der Waals surface area contributed by atoms with Gasteiger partial charge in [0.15, 0.2) is 0 Å². The molecule has 96 valence electrons. The van der Waals surface area contributed by atoms with Gasteiger partial charge in [-0.15, -0.1) is 0 Å². The van der Waals surface area contributed by atoms with E-state index < -0.39 is 0 Å². The highest BCUT2D eigenvalue weighted by Gasteiger charge is 1.87. The average molecular weight is 234 g/mol. The van der Waals surface area contributed by atoms with Crippen LogP contribution in [0, 0.1) is 0 Å². The van der Waals surface area contributed by atoms with Gasteiger partial charge in [0.05, 0.1) is 6.26 Å². The maximum absolute atomic E-state index is 8.37. The molecule has 0 aromatic rings. The molecule has 0 saturated carbocycles. The molecule has 1 nitrogen and oxygen atoms in total. The van der Waals surface area contributed by atoms with E-state index in [0.717, 1.165) is 6.26 Å². The Hall–Kier alpha value is -1.24. The summed E-state index contributed by atoms with van der Waals surface area (Å²) in [4.78, 5) is 0. The minimum atomic E-state index is 1.03. The zero-order valence-electron chi connectivity index (χ0n) is 11.0. The van der Waals surface area contributed by atoms with Crippen LogP contribution in [0.5, 0.6) is 0 Å². The summed E-state index contributed by atoms with van der Waals surface area (Å²) in [6.07, 6.45) is 23.9. The molecule has 0 rings (SSSR count). The lowest BCUT2D eigenvalue weighted by molar-refractivity contribution is 0.474. The second kappa shape index (κ2) is 14.8. The number of aliphatic hydroxyl groups excluding tert-OH is 1. The highest BCUT2D eigenvalue weighted by atomic mass is 16.2. The molecule has 0 aliphatic carbocycles. The number of unbranched alkanes of at least 4 members (excludes halogenated alkanes) is 6. The Morgan fingerprint density at radius 2 is 1.29 bits per heavy atom. The molecule has 1 N–H and O–H groups in total. The van der Waals surface area contributed by atoms with Gasteiger partial charge in [0.2, 0.25) is 0 Å². The van der Waals surface area contributed by atoms with Crippen molar-refractivity contribution in [1.82, 2.24) is 0 Å². The van der Waals surface area contributed by atoms with Gasteiger partial charge in [-0.05, 0) is 18.9 Å². The largest absolute Gasteiger partial charge is 0.516 e. The fourth-order valence-electron chi connectivity index (χ4n) is 1.52. The van der Waals surface area contributed by atoms with E-state index in [-0.39, 0.29) is 0 Å². The molecule has 0 aliphatic rings. The summed E-state index contributed by atoms with van der Waals surface area (Å²) in [6, 6.07) is 0. The van der Waals surface area contributed by atoms with Crippen molar-refractivity contribution in [2.45, 2.75) is 51.9 Å². The Labute approximate surface area is 106 Å². The summed E-state index contributed by atoms with van der Waals surface area (Å²) in [5.41, 5.74) is 0. The summed E-state index contributed by atoms with van der Waals surface area (Å²) >= 11 is 0. The summed E-state index contributed by atoms with van der Waals surface area (Å²) in [5.74, 6) is 0. The molecule has 0 saturated heterocycles. The van der Waals surface area contributed by atoms with Crippen LogP contribution in [0.15, 0.2) is 48.8 Å². The summed E-state index contributed by atoms with van der Waals surface area (Å²) in [5, 5.41) is 8.37. The standard InChI is InChI=1S/C16H26O/c1-2-3-4-5-6-7-8-9-10-11-12-13-14-15-16-17/h9-17H,2-8H2,1H3/b10-9+,12-11+,14-13+,16-15+. The predicted molar refractivity (Wildman–Crippen MR) is 77.2 cm³/mol. The number of rotatable bonds is 10. The van der Waals surface area contributed by atoms with E-state index in [1.54, 1.807) is 12.2 Å². The van der Waals surface area contributed by atoms with Crippen LogP contribution in [0.25, 0.3) is 0 Å².